The number of anilines is 1. The fourth-order valence-corrected chi connectivity index (χ4v) is 2.92. The van der Waals surface area contributed by atoms with Crippen molar-refractivity contribution in [3.63, 3.8) is 0 Å². The van der Waals surface area contributed by atoms with Gasteiger partial charge in [0, 0.05) is 16.8 Å². The van der Waals surface area contributed by atoms with Crippen LogP contribution in [0.3, 0.4) is 0 Å². The fourth-order valence-electron chi connectivity index (χ4n) is 2.74. The number of benzene rings is 3. The summed E-state index contributed by atoms with van der Waals surface area (Å²) in [5.41, 5.74) is 2.37. The molecule has 3 aromatic rings. The highest BCUT2D eigenvalue weighted by Crippen LogP contribution is 2.21. The number of fused-ring (bicyclic) bond motifs is 1. The molecule has 0 unspecified atom stereocenters. The second-order valence-electron chi connectivity index (χ2n) is 6.43. The second-order valence-corrected chi connectivity index (χ2v) is 6.84. The maximum Gasteiger partial charge on any atom is 0.331 e. The Bertz CT molecular complexity index is 1050. The molecule has 3 rings (SSSR count). The molecule has 0 spiro atoms. The summed E-state index contributed by atoms with van der Waals surface area (Å²) in [4.78, 5) is 24.3. The summed E-state index contributed by atoms with van der Waals surface area (Å²) in [7, 11) is 0. The maximum absolute atomic E-state index is 12.2. The SMILES string of the molecule is Cc1ccc(NC(=O)[C@@H](C)OC(=O)/C=C/c2cccc3ccccc23)cc1Cl. The van der Waals surface area contributed by atoms with E-state index in [4.69, 9.17) is 16.3 Å². The van der Waals surface area contributed by atoms with E-state index in [2.05, 4.69) is 5.32 Å². The van der Waals surface area contributed by atoms with Crippen LogP contribution in [0.2, 0.25) is 5.02 Å². The average Bonchev–Trinajstić information content (AvgIpc) is 2.69. The summed E-state index contributed by atoms with van der Waals surface area (Å²) in [6.45, 7) is 3.40. The lowest BCUT2D eigenvalue weighted by molar-refractivity contribution is -0.148. The molecule has 0 aliphatic rings. The van der Waals surface area contributed by atoms with E-state index in [1.54, 1.807) is 18.2 Å². The number of aryl methyl sites for hydroxylation is 1. The fraction of sp³-hybridized carbons (Fsp3) is 0.130. The van der Waals surface area contributed by atoms with Gasteiger partial charge in [0.05, 0.1) is 0 Å². The lowest BCUT2D eigenvalue weighted by atomic mass is 10.0. The summed E-state index contributed by atoms with van der Waals surface area (Å²) in [5.74, 6) is -1.01. The molecule has 0 aliphatic heterocycles. The first-order valence-electron chi connectivity index (χ1n) is 8.87. The van der Waals surface area contributed by atoms with Gasteiger partial charge < -0.3 is 10.1 Å². The summed E-state index contributed by atoms with van der Waals surface area (Å²) in [6.07, 6.45) is 2.08. The van der Waals surface area contributed by atoms with E-state index >= 15 is 0 Å². The van der Waals surface area contributed by atoms with Crippen molar-refractivity contribution in [1.82, 2.24) is 0 Å². The van der Waals surface area contributed by atoms with E-state index in [0.717, 1.165) is 21.9 Å². The first kappa shape index (κ1) is 19.6. The largest absolute Gasteiger partial charge is 0.449 e. The number of rotatable bonds is 5. The minimum Gasteiger partial charge on any atom is -0.449 e. The Morgan fingerprint density at radius 1 is 1.07 bits per heavy atom. The molecule has 0 fully saturated rings. The second kappa shape index (κ2) is 8.72. The minimum absolute atomic E-state index is 0.424. The standard InChI is InChI=1S/C23H20ClNO3/c1-15-10-12-19(14-21(15)24)25-23(27)16(2)28-22(26)13-11-18-8-5-7-17-6-3-4-9-20(17)18/h3-14,16H,1-2H3,(H,25,27)/b13-11+/t16-/m1/s1. The third kappa shape index (κ3) is 4.78. The van der Waals surface area contributed by atoms with Crippen molar-refractivity contribution in [3.8, 4) is 0 Å². The van der Waals surface area contributed by atoms with Crippen molar-refractivity contribution in [3.05, 3.63) is 82.9 Å². The maximum atomic E-state index is 12.2. The number of halogens is 1. The van der Waals surface area contributed by atoms with Gasteiger partial charge in [0.25, 0.3) is 5.91 Å². The zero-order chi connectivity index (χ0) is 20.1. The molecule has 1 amide bonds. The lowest BCUT2D eigenvalue weighted by Gasteiger charge is -2.13. The first-order chi connectivity index (χ1) is 13.4. The van der Waals surface area contributed by atoms with Crippen LogP contribution in [0.1, 0.15) is 18.1 Å². The van der Waals surface area contributed by atoms with Gasteiger partial charge in [0.15, 0.2) is 6.10 Å². The number of hydrogen-bond donors (Lipinski definition) is 1. The van der Waals surface area contributed by atoms with Crippen LogP contribution in [0.5, 0.6) is 0 Å². The molecule has 142 valence electrons. The third-order valence-corrected chi connectivity index (χ3v) is 4.73. The molecule has 0 heterocycles. The Hall–Kier alpha value is -3.11. The quantitative estimate of drug-likeness (QED) is 0.467. The van der Waals surface area contributed by atoms with Gasteiger partial charge in [0.1, 0.15) is 0 Å². The number of carbonyl (C=O) groups is 2. The Morgan fingerprint density at radius 2 is 1.82 bits per heavy atom. The number of ether oxygens (including phenoxy) is 1. The van der Waals surface area contributed by atoms with Crippen LogP contribution in [0, 0.1) is 6.92 Å². The highest BCUT2D eigenvalue weighted by atomic mass is 35.5. The summed E-state index contributed by atoms with van der Waals surface area (Å²) in [5, 5.41) is 5.37. The van der Waals surface area contributed by atoms with Crippen LogP contribution in [0.15, 0.2) is 66.7 Å². The molecule has 1 N–H and O–H groups in total. The molecule has 0 saturated carbocycles. The Morgan fingerprint density at radius 3 is 2.61 bits per heavy atom. The van der Waals surface area contributed by atoms with Gasteiger partial charge >= 0.3 is 5.97 Å². The molecular formula is C23H20ClNO3. The van der Waals surface area contributed by atoms with Gasteiger partial charge in [-0.05, 0) is 54.0 Å². The van der Waals surface area contributed by atoms with E-state index in [1.807, 2.05) is 55.5 Å². The van der Waals surface area contributed by atoms with Gasteiger partial charge in [-0.3, -0.25) is 4.79 Å². The highest BCUT2D eigenvalue weighted by Gasteiger charge is 2.17. The van der Waals surface area contributed by atoms with Crippen LogP contribution in [0.4, 0.5) is 5.69 Å². The van der Waals surface area contributed by atoms with E-state index < -0.39 is 18.0 Å². The molecule has 3 aromatic carbocycles. The summed E-state index contributed by atoms with van der Waals surface area (Å²) in [6, 6.07) is 19.0. The van der Waals surface area contributed by atoms with Crippen molar-refractivity contribution in [2.45, 2.75) is 20.0 Å². The summed E-state index contributed by atoms with van der Waals surface area (Å²) >= 11 is 6.06. The van der Waals surface area contributed by atoms with Gasteiger partial charge in [-0.15, -0.1) is 0 Å². The zero-order valence-electron chi connectivity index (χ0n) is 15.6. The molecule has 4 nitrogen and oxygen atoms in total. The molecule has 28 heavy (non-hydrogen) atoms. The number of carbonyl (C=O) groups excluding carboxylic acids is 2. The van der Waals surface area contributed by atoms with E-state index in [-0.39, 0.29) is 0 Å². The van der Waals surface area contributed by atoms with Crippen molar-refractivity contribution in [1.29, 1.82) is 0 Å². The van der Waals surface area contributed by atoms with Crippen molar-refractivity contribution in [2.24, 2.45) is 0 Å². The van der Waals surface area contributed by atoms with Crippen molar-refractivity contribution >= 4 is 46.0 Å². The lowest BCUT2D eigenvalue weighted by Crippen LogP contribution is -2.29. The van der Waals surface area contributed by atoms with E-state index in [9.17, 15) is 9.59 Å². The van der Waals surface area contributed by atoms with Gasteiger partial charge in [-0.2, -0.15) is 0 Å². The summed E-state index contributed by atoms with van der Waals surface area (Å²) < 4.78 is 5.20. The predicted octanol–water partition coefficient (Wildman–Crippen LogP) is 5.39. The highest BCUT2D eigenvalue weighted by molar-refractivity contribution is 6.31. The Labute approximate surface area is 168 Å². The zero-order valence-corrected chi connectivity index (χ0v) is 16.4. The smallest absolute Gasteiger partial charge is 0.331 e. The third-order valence-electron chi connectivity index (χ3n) is 4.32. The monoisotopic (exact) mass is 393 g/mol. The van der Waals surface area contributed by atoms with Gasteiger partial charge in [0.2, 0.25) is 0 Å². The normalized spacial score (nSPS) is 12.1. The van der Waals surface area contributed by atoms with Crippen LogP contribution < -0.4 is 5.32 Å². The topological polar surface area (TPSA) is 55.4 Å². The molecule has 0 aromatic heterocycles. The average molecular weight is 394 g/mol. The van der Waals surface area contributed by atoms with Crippen LogP contribution in [-0.4, -0.2) is 18.0 Å². The molecule has 0 aliphatic carbocycles. The van der Waals surface area contributed by atoms with Crippen LogP contribution >= 0.6 is 11.6 Å². The van der Waals surface area contributed by atoms with E-state index in [1.165, 1.54) is 13.0 Å². The molecule has 0 radical (unpaired) electrons. The molecule has 5 heteroatoms. The van der Waals surface area contributed by atoms with Crippen LogP contribution in [0.25, 0.3) is 16.8 Å². The van der Waals surface area contributed by atoms with Crippen molar-refractivity contribution in [2.75, 3.05) is 5.32 Å². The van der Waals surface area contributed by atoms with Gasteiger partial charge in [-0.1, -0.05) is 60.1 Å². The number of amides is 1. The Balaban J connectivity index is 1.62. The van der Waals surface area contributed by atoms with Crippen LogP contribution in [-0.2, 0) is 14.3 Å². The Kier molecular flexibility index (Phi) is 6.12. The molecule has 0 bridgehead atoms. The molecular weight excluding hydrogens is 374 g/mol. The molecule has 1 atom stereocenters. The first-order valence-corrected chi connectivity index (χ1v) is 9.25. The number of nitrogens with one attached hydrogen (secondary N) is 1. The van der Waals surface area contributed by atoms with Crippen molar-refractivity contribution < 1.29 is 14.3 Å². The number of esters is 1. The number of hydrogen-bond acceptors (Lipinski definition) is 3. The van der Waals surface area contributed by atoms with E-state index in [0.29, 0.717) is 10.7 Å². The minimum atomic E-state index is -0.940. The molecule has 0 saturated heterocycles. The predicted molar refractivity (Wildman–Crippen MR) is 113 cm³/mol. The van der Waals surface area contributed by atoms with Gasteiger partial charge in [-0.25, -0.2) is 4.79 Å².